The van der Waals surface area contributed by atoms with Gasteiger partial charge in [-0.15, -0.1) is 29.9 Å². The molecule has 0 spiro atoms. The third-order valence-electron chi connectivity index (χ3n) is 5.70. The Morgan fingerprint density at radius 3 is 2.48 bits per heavy atom. The first-order chi connectivity index (χ1) is 15.2. The number of likely N-dealkylation sites (tertiary alicyclic amines) is 1. The number of hydrogen-bond donors (Lipinski definition) is 2. The lowest BCUT2D eigenvalue weighted by molar-refractivity contribution is 0.211. The van der Waals surface area contributed by atoms with E-state index < -0.39 is 0 Å². The number of fused-ring (bicyclic) bond motifs is 1. The van der Waals surface area contributed by atoms with Crippen molar-refractivity contribution in [2.75, 3.05) is 38.7 Å². The zero-order valence-corrected chi connectivity index (χ0v) is 20.4. The van der Waals surface area contributed by atoms with Crippen LogP contribution in [0.15, 0.2) is 48.7 Å². The molecule has 1 aromatic heterocycles. The van der Waals surface area contributed by atoms with Crippen molar-refractivity contribution in [3.63, 3.8) is 0 Å². The highest BCUT2D eigenvalue weighted by molar-refractivity contribution is 5.92. The number of methoxy groups -OCH3 is 1. The highest BCUT2D eigenvalue weighted by atomic mass is 35.5. The monoisotopic (exact) mass is 494 g/mol. The summed E-state index contributed by atoms with van der Waals surface area (Å²) in [6.07, 6.45) is 4.56. The zero-order chi connectivity index (χ0) is 21.5. The second-order valence-electron chi connectivity index (χ2n) is 7.91. The molecule has 3 aromatic rings. The predicted molar refractivity (Wildman–Crippen MR) is 136 cm³/mol. The molecule has 0 radical (unpaired) electrons. The Bertz CT molecular complexity index is 983. The van der Waals surface area contributed by atoms with E-state index in [-0.39, 0.29) is 31.4 Å². The van der Waals surface area contributed by atoms with Gasteiger partial charge in [-0.1, -0.05) is 12.1 Å². The number of ether oxygens (including phenoxy) is 2. The predicted octanol–water partition coefficient (Wildman–Crippen LogP) is 4.32. The van der Waals surface area contributed by atoms with Crippen LogP contribution in [-0.2, 0) is 6.54 Å². The number of aliphatic hydroxyl groups excluding tert-OH is 1. The van der Waals surface area contributed by atoms with Gasteiger partial charge in [0.15, 0.2) is 5.82 Å². The molecular weight excluding hydrogens is 463 g/mol. The molecule has 1 saturated heterocycles. The third-order valence-corrected chi connectivity index (χ3v) is 5.70. The fraction of sp³-hybridized carbons (Fsp3) is 0.417. The number of piperidine rings is 1. The van der Waals surface area contributed by atoms with E-state index in [0.717, 1.165) is 60.6 Å². The van der Waals surface area contributed by atoms with Crippen molar-refractivity contribution in [3.8, 4) is 11.5 Å². The van der Waals surface area contributed by atoms with Crippen molar-refractivity contribution in [1.29, 1.82) is 0 Å². The number of aliphatic hydroxyl groups is 1. The molecule has 33 heavy (non-hydrogen) atoms. The Kier molecular flexibility index (Phi) is 10.9. The summed E-state index contributed by atoms with van der Waals surface area (Å²) < 4.78 is 11.0. The maximum atomic E-state index is 8.84. The van der Waals surface area contributed by atoms with Gasteiger partial charge in [-0.2, -0.15) is 5.10 Å². The van der Waals surface area contributed by atoms with Crippen LogP contribution in [0.2, 0.25) is 0 Å². The average Bonchev–Trinajstić information content (AvgIpc) is 2.81. The van der Waals surface area contributed by atoms with E-state index in [1.54, 1.807) is 13.3 Å². The smallest absolute Gasteiger partial charge is 0.156 e. The quantitative estimate of drug-likeness (QED) is 0.428. The van der Waals surface area contributed by atoms with Crippen LogP contribution in [-0.4, -0.2) is 59.7 Å². The Labute approximate surface area is 207 Å². The first kappa shape index (κ1) is 26.9. The second kappa shape index (κ2) is 13.4. The molecule has 4 rings (SSSR count). The average molecular weight is 495 g/mol. The minimum Gasteiger partial charge on any atom is -0.497 e. The highest BCUT2D eigenvalue weighted by Gasteiger charge is 2.20. The number of rotatable bonds is 9. The molecule has 1 fully saturated rings. The number of nitrogens with zero attached hydrogens (tertiary/aromatic N) is 3. The maximum Gasteiger partial charge on any atom is 0.156 e. The first-order valence-corrected chi connectivity index (χ1v) is 10.9. The lowest BCUT2D eigenvalue weighted by atomic mass is 10.0. The summed E-state index contributed by atoms with van der Waals surface area (Å²) in [6.45, 7) is 3.71. The standard InChI is InChI=1S/C24H30N4O3.2ClH/c1-30-22-8-5-19-16-25-27-24(23(19)15-22)26-20-9-11-28(12-10-20)17-18-3-6-21(7-4-18)31-14-2-13-29;;/h3-8,15-16,20,29H,2,9-14,17H2,1H3,(H,26,27);2*1H. The Hall–Kier alpha value is -2.32. The lowest BCUT2D eigenvalue weighted by Crippen LogP contribution is -2.38. The Balaban J connectivity index is 0.00000193. The molecule has 0 atom stereocenters. The Morgan fingerprint density at radius 1 is 1.06 bits per heavy atom. The van der Waals surface area contributed by atoms with Gasteiger partial charge in [0.25, 0.3) is 0 Å². The van der Waals surface area contributed by atoms with Gasteiger partial charge < -0.3 is 19.9 Å². The van der Waals surface area contributed by atoms with Crippen LogP contribution >= 0.6 is 24.8 Å². The van der Waals surface area contributed by atoms with E-state index in [4.69, 9.17) is 14.6 Å². The minimum absolute atomic E-state index is 0. The van der Waals surface area contributed by atoms with Crippen molar-refractivity contribution in [1.82, 2.24) is 15.1 Å². The summed E-state index contributed by atoms with van der Waals surface area (Å²) in [5.41, 5.74) is 1.29. The number of hydrogen-bond acceptors (Lipinski definition) is 7. The van der Waals surface area contributed by atoms with Gasteiger partial charge in [-0.3, -0.25) is 4.90 Å². The molecule has 0 amide bonds. The van der Waals surface area contributed by atoms with Crippen LogP contribution in [0.3, 0.4) is 0 Å². The van der Waals surface area contributed by atoms with Gasteiger partial charge in [-0.25, -0.2) is 0 Å². The van der Waals surface area contributed by atoms with Gasteiger partial charge in [0.1, 0.15) is 11.5 Å². The lowest BCUT2D eigenvalue weighted by Gasteiger charge is -2.32. The van der Waals surface area contributed by atoms with Gasteiger partial charge in [0, 0.05) is 49.5 Å². The zero-order valence-electron chi connectivity index (χ0n) is 18.8. The van der Waals surface area contributed by atoms with Crippen LogP contribution in [0, 0.1) is 0 Å². The van der Waals surface area contributed by atoms with Crippen LogP contribution in [0.5, 0.6) is 11.5 Å². The molecule has 0 unspecified atom stereocenters. The Morgan fingerprint density at radius 2 is 1.79 bits per heavy atom. The SMILES string of the molecule is COc1ccc2cnnc(NC3CCN(Cc4ccc(OCCCO)cc4)CC3)c2c1.Cl.Cl. The minimum atomic E-state index is 0. The summed E-state index contributed by atoms with van der Waals surface area (Å²) in [5, 5.41) is 23.0. The van der Waals surface area contributed by atoms with E-state index in [2.05, 4.69) is 32.5 Å². The van der Waals surface area contributed by atoms with Gasteiger partial charge >= 0.3 is 0 Å². The molecule has 2 N–H and O–H groups in total. The van der Waals surface area contributed by atoms with E-state index in [1.807, 2.05) is 30.3 Å². The maximum absolute atomic E-state index is 8.84. The fourth-order valence-corrected chi connectivity index (χ4v) is 3.92. The molecule has 2 heterocycles. The normalized spacial score (nSPS) is 14.2. The van der Waals surface area contributed by atoms with Gasteiger partial charge in [0.2, 0.25) is 0 Å². The number of benzene rings is 2. The van der Waals surface area contributed by atoms with E-state index >= 15 is 0 Å². The van der Waals surface area contributed by atoms with Crippen molar-refractivity contribution in [3.05, 3.63) is 54.2 Å². The van der Waals surface area contributed by atoms with E-state index in [9.17, 15) is 0 Å². The number of nitrogens with one attached hydrogen (secondary N) is 1. The molecule has 180 valence electrons. The third kappa shape index (κ3) is 7.33. The fourth-order valence-electron chi connectivity index (χ4n) is 3.92. The van der Waals surface area contributed by atoms with Crippen LogP contribution in [0.25, 0.3) is 10.8 Å². The topological polar surface area (TPSA) is 79.7 Å². The summed E-state index contributed by atoms with van der Waals surface area (Å²) in [7, 11) is 1.68. The molecule has 0 aliphatic carbocycles. The summed E-state index contributed by atoms with van der Waals surface area (Å²) in [5.74, 6) is 2.50. The van der Waals surface area contributed by atoms with Crippen molar-refractivity contribution in [2.24, 2.45) is 0 Å². The molecular formula is C24H32Cl2N4O3. The van der Waals surface area contributed by atoms with Crippen LogP contribution < -0.4 is 14.8 Å². The van der Waals surface area contributed by atoms with Crippen molar-refractivity contribution in [2.45, 2.75) is 31.8 Å². The van der Waals surface area contributed by atoms with Crippen LogP contribution in [0.4, 0.5) is 5.82 Å². The molecule has 9 heteroatoms. The molecule has 2 aromatic carbocycles. The highest BCUT2D eigenvalue weighted by Crippen LogP contribution is 2.27. The molecule has 0 saturated carbocycles. The van der Waals surface area contributed by atoms with Crippen molar-refractivity contribution >= 4 is 41.4 Å². The molecule has 0 bridgehead atoms. The van der Waals surface area contributed by atoms with Gasteiger partial charge in [0.05, 0.1) is 19.9 Å². The van der Waals surface area contributed by atoms with E-state index in [1.165, 1.54) is 5.56 Å². The largest absolute Gasteiger partial charge is 0.497 e. The number of anilines is 1. The number of aromatic nitrogens is 2. The van der Waals surface area contributed by atoms with Crippen LogP contribution in [0.1, 0.15) is 24.8 Å². The summed E-state index contributed by atoms with van der Waals surface area (Å²) >= 11 is 0. The summed E-state index contributed by atoms with van der Waals surface area (Å²) in [6, 6.07) is 14.6. The van der Waals surface area contributed by atoms with Gasteiger partial charge in [-0.05, 0) is 48.7 Å². The molecule has 1 aliphatic rings. The second-order valence-corrected chi connectivity index (χ2v) is 7.91. The first-order valence-electron chi connectivity index (χ1n) is 10.9. The summed E-state index contributed by atoms with van der Waals surface area (Å²) in [4.78, 5) is 2.48. The molecule has 7 nitrogen and oxygen atoms in total. The van der Waals surface area contributed by atoms with E-state index in [0.29, 0.717) is 19.1 Å². The number of halogens is 2. The van der Waals surface area contributed by atoms with Crippen molar-refractivity contribution < 1.29 is 14.6 Å². The molecule has 1 aliphatic heterocycles.